The predicted molar refractivity (Wildman–Crippen MR) is 172 cm³/mol. The fraction of sp³-hybridized carbons (Fsp3) is 0.455. The molecule has 2 saturated heterocycles. The quantitative estimate of drug-likeness (QED) is 0.132. The normalized spacial score (nSPS) is 28.0. The van der Waals surface area contributed by atoms with E-state index in [2.05, 4.69) is 20.9 Å². The number of hydrogen-bond donors (Lipinski definition) is 7. The Morgan fingerprint density at radius 3 is 2.27 bits per heavy atom. The highest BCUT2D eigenvalue weighted by atomic mass is 32.2. The standard InChI is InChI=1S/C33H40N4O7S/c1-15-19(5-7-29(39)40)25(34-22(15)11-24-17(3)21(9-10-38)33(44)36-24)13-26-20(6-8-30(41)42)16(2)23(35-26)12-27-31(28-14-45-28)18(4)32(43)37-27/h9-10,12-13,18,22,24,28,31,34-35,38H,5-8,11,14H2,1-4H3,(H,36,44)(H,37,43)(H,39,40)(H,41,42)/b10-9+,25-13-,27-12-/t18-,22?,24-,28-,31-/m1/s1. The molecule has 5 atom stereocenters. The summed E-state index contributed by atoms with van der Waals surface area (Å²) < 4.78 is 0. The van der Waals surface area contributed by atoms with Crippen molar-refractivity contribution in [3.8, 4) is 0 Å². The summed E-state index contributed by atoms with van der Waals surface area (Å²) in [6.45, 7) is 7.70. The third kappa shape index (κ3) is 6.75. The summed E-state index contributed by atoms with van der Waals surface area (Å²) in [5.74, 6) is -1.08. The Bertz CT molecular complexity index is 1590. The first-order valence-electron chi connectivity index (χ1n) is 15.2. The number of thioether (sulfide) groups is 1. The van der Waals surface area contributed by atoms with Gasteiger partial charge in [0.2, 0.25) is 5.91 Å². The van der Waals surface area contributed by atoms with Crippen molar-refractivity contribution >= 4 is 47.7 Å². The van der Waals surface area contributed by atoms with Crippen molar-refractivity contribution < 1.29 is 34.5 Å². The van der Waals surface area contributed by atoms with E-state index in [1.54, 1.807) is 0 Å². The van der Waals surface area contributed by atoms with Crippen LogP contribution in [0.5, 0.6) is 0 Å². The van der Waals surface area contributed by atoms with Gasteiger partial charge in [0, 0.05) is 70.1 Å². The van der Waals surface area contributed by atoms with Gasteiger partial charge in [0.1, 0.15) is 0 Å². The zero-order valence-corrected chi connectivity index (χ0v) is 26.6. The second-order valence-corrected chi connectivity index (χ2v) is 13.5. The Labute approximate surface area is 266 Å². The van der Waals surface area contributed by atoms with Crippen molar-refractivity contribution in [1.82, 2.24) is 20.9 Å². The molecule has 12 heteroatoms. The van der Waals surface area contributed by atoms with E-state index in [1.165, 1.54) is 6.08 Å². The number of allylic oxidation sites excluding steroid dienone is 2. The first kappa shape index (κ1) is 32.2. The van der Waals surface area contributed by atoms with Crippen molar-refractivity contribution in [2.75, 3.05) is 5.75 Å². The maximum absolute atomic E-state index is 12.6. The second kappa shape index (κ2) is 13.0. The van der Waals surface area contributed by atoms with Crippen LogP contribution in [0.3, 0.4) is 0 Å². The number of carboxylic acids is 2. The number of aromatic amines is 1. The Morgan fingerprint density at radius 2 is 1.62 bits per heavy atom. The molecule has 0 radical (unpaired) electrons. The Morgan fingerprint density at radius 1 is 0.956 bits per heavy atom. The highest BCUT2D eigenvalue weighted by Crippen LogP contribution is 2.46. The average molecular weight is 637 g/mol. The zero-order valence-electron chi connectivity index (χ0n) is 25.8. The van der Waals surface area contributed by atoms with E-state index in [1.807, 2.05) is 51.6 Å². The molecular formula is C33H40N4O7S. The van der Waals surface area contributed by atoms with Crippen LogP contribution < -0.4 is 16.0 Å². The molecule has 2 amide bonds. The number of aliphatic hydroxyl groups excluding tert-OH is 1. The van der Waals surface area contributed by atoms with E-state index >= 15 is 0 Å². The van der Waals surface area contributed by atoms with Gasteiger partial charge in [-0.1, -0.05) is 6.92 Å². The number of aliphatic carboxylic acids is 2. The highest BCUT2D eigenvalue weighted by Gasteiger charge is 2.45. The molecule has 1 unspecified atom stereocenters. The Kier molecular flexibility index (Phi) is 9.33. The van der Waals surface area contributed by atoms with E-state index in [-0.39, 0.29) is 48.6 Å². The smallest absolute Gasteiger partial charge is 0.303 e. The first-order chi connectivity index (χ1) is 21.4. The largest absolute Gasteiger partial charge is 0.516 e. The van der Waals surface area contributed by atoms with E-state index in [0.29, 0.717) is 30.1 Å². The molecule has 0 bridgehead atoms. The van der Waals surface area contributed by atoms with Gasteiger partial charge in [-0.25, -0.2) is 0 Å². The molecule has 1 aromatic heterocycles. The number of amides is 2. The number of H-pyrrole nitrogens is 1. The fourth-order valence-electron chi connectivity index (χ4n) is 6.69. The number of hydrogen-bond acceptors (Lipinski definition) is 7. The molecule has 2 fully saturated rings. The average Bonchev–Trinajstić information content (AvgIpc) is 3.56. The van der Waals surface area contributed by atoms with Crippen LogP contribution in [0, 0.1) is 18.8 Å². The Balaban J connectivity index is 1.50. The molecule has 4 aliphatic rings. The lowest BCUT2D eigenvalue weighted by atomic mass is 9.91. The summed E-state index contributed by atoms with van der Waals surface area (Å²) >= 11 is 1.84. The van der Waals surface area contributed by atoms with Crippen LogP contribution in [0.25, 0.3) is 12.2 Å². The Hall–Kier alpha value is -4.19. The zero-order chi connectivity index (χ0) is 32.6. The van der Waals surface area contributed by atoms with Gasteiger partial charge >= 0.3 is 11.9 Å². The molecule has 11 nitrogen and oxygen atoms in total. The molecule has 0 aliphatic carbocycles. The number of rotatable bonds is 12. The van der Waals surface area contributed by atoms with Crippen LogP contribution in [0.4, 0.5) is 0 Å². The third-order valence-corrected chi connectivity index (χ3v) is 10.4. The molecule has 240 valence electrons. The van der Waals surface area contributed by atoms with Crippen LogP contribution >= 0.6 is 11.8 Å². The summed E-state index contributed by atoms with van der Waals surface area (Å²) in [5, 5.41) is 38.1. The minimum Gasteiger partial charge on any atom is -0.516 e. The lowest BCUT2D eigenvalue weighted by Crippen LogP contribution is -2.36. The van der Waals surface area contributed by atoms with Gasteiger partial charge in [0.15, 0.2) is 0 Å². The first-order valence-corrected chi connectivity index (χ1v) is 16.2. The molecule has 0 aromatic carbocycles. The minimum absolute atomic E-state index is 0.00400. The molecule has 0 saturated carbocycles. The van der Waals surface area contributed by atoms with Crippen molar-refractivity contribution in [3.63, 3.8) is 0 Å². The maximum Gasteiger partial charge on any atom is 0.303 e. The van der Waals surface area contributed by atoms with Gasteiger partial charge in [-0.05, 0) is 86.1 Å². The SMILES string of the molecule is CC1=C(CCC(=O)O)/C(=C/c2[nH]c(/C=C3\NC(=O)[C@H](C)[C@H]3[C@H]3CS3)c(C)c2CCC(=O)O)NC1C[C@H]1NC(=O)C(/C=C/O)=C1C. The number of aliphatic hydroxyl groups is 1. The summed E-state index contributed by atoms with van der Waals surface area (Å²) in [4.78, 5) is 51.7. The van der Waals surface area contributed by atoms with Gasteiger partial charge in [0.25, 0.3) is 5.91 Å². The molecule has 45 heavy (non-hydrogen) atoms. The molecule has 5 rings (SSSR count). The molecule has 0 spiro atoms. The number of aromatic nitrogens is 1. The lowest BCUT2D eigenvalue weighted by Gasteiger charge is -2.20. The highest BCUT2D eigenvalue weighted by molar-refractivity contribution is 8.06. The van der Waals surface area contributed by atoms with Crippen LogP contribution in [-0.4, -0.2) is 67.1 Å². The molecule has 5 heterocycles. The maximum atomic E-state index is 12.6. The second-order valence-electron chi connectivity index (χ2n) is 12.2. The van der Waals surface area contributed by atoms with Gasteiger partial charge in [0.05, 0.1) is 12.3 Å². The van der Waals surface area contributed by atoms with Gasteiger partial charge < -0.3 is 36.3 Å². The van der Waals surface area contributed by atoms with Gasteiger partial charge in [-0.2, -0.15) is 11.8 Å². The summed E-state index contributed by atoms with van der Waals surface area (Å²) in [6, 6.07) is -0.459. The summed E-state index contributed by atoms with van der Waals surface area (Å²) in [6.07, 6.45) is 7.11. The molecule has 1 aromatic rings. The topological polar surface area (TPSA) is 181 Å². The van der Waals surface area contributed by atoms with Crippen molar-refractivity contribution in [1.29, 1.82) is 0 Å². The van der Waals surface area contributed by atoms with E-state index < -0.39 is 11.9 Å². The lowest BCUT2D eigenvalue weighted by molar-refractivity contribution is -0.138. The van der Waals surface area contributed by atoms with Crippen molar-refractivity contribution in [2.45, 2.75) is 77.1 Å². The van der Waals surface area contributed by atoms with Crippen molar-refractivity contribution in [3.05, 3.63) is 68.5 Å². The van der Waals surface area contributed by atoms with Crippen molar-refractivity contribution in [2.24, 2.45) is 11.8 Å². The number of carbonyl (C=O) groups is 4. The summed E-state index contributed by atoms with van der Waals surface area (Å²) in [7, 11) is 0. The minimum atomic E-state index is -0.914. The van der Waals surface area contributed by atoms with Crippen LogP contribution in [0.2, 0.25) is 0 Å². The van der Waals surface area contributed by atoms with Gasteiger partial charge in [-0.15, -0.1) is 0 Å². The number of carbonyl (C=O) groups excluding carboxylic acids is 2. The summed E-state index contributed by atoms with van der Waals surface area (Å²) in [5.41, 5.74) is 7.94. The fourth-order valence-corrected chi connectivity index (χ4v) is 7.60. The van der Waals surface area contributed by atoms with Crippen LogP contribution in [0.1, 0.15) is 69.0 Å². The predicted octanol–water partition coefficient (Wildman–Crippen LogP) is 3.95. The number of nitrogens with one attached hydrogen (secondary N) is 4. The molecule has 7 N–H and O–H groups in total. The van der Waals surface area contributed by atoms with Crippen LogP contribution in [-0.2, 0) is 25.6 Å². The monoisotopic (exact) mass is 636 g/mol. The van der Waals surface area contributed by atoms with Gasteiger partial charge in [-0.3, -0.25) is 19.2 Å². The van der Waals surface area contributed by atoms with Crippen LogP contribution in [0.15, 0.2) is 46.0 Å². The number of carboxylic acid groups (broad SMARTS) is 2. The van der Waals surface area contributed by atoms with E-state index in [9.17, 15) is 34.5 Å². The third-order valence-electron chi connectivity index (χ3n) is 9.42. The van der Waals surface area contributed by atoms with E-state index in [4.69, 9.17) is 0 Å². The van der Waals surface area contributed by atoms with E-state index in [0.717, 1.165) is 62.6 Å². The molecular weight excluding hydrogens is 596 g/mol. The molecule has 4 aliphatic heterocycles.